The third-order valence-electron chi connectivity index (χ3n) is 7.07. The Morgan fingerprint density at radius 1 is 1.20 bits per heavy atom. The highest BCUT2D eigenvalue weighted by atomic mass is 16.5. The van der Waals surface area contributed by atoms with Crippen LogP contribution in [0.1, 0.15) is 55.8 Å². The molecule has 4 heteroatoms. The molecule has 0 unspecified atom stereocenters. The molecule has 25 heavy (non-hydrogen) atoms. The molecule has 5 aliphatic rings. The lowest BCUT2D eigenvalue weighted by Gasteiger charge is -2.55. The van der Waals surface area contributed by atoms with Crippen LogP contribution in [0.4, 0.5) is 0 Å². The van der Waals surface area contributed by atoms with Gasteiger partial charge in [0.1, 0.15) is 5.75 Å². The average Bonchev–Trinajstić information content (AvgIpc) is 3.05. The van der Waals surface area contributed by atoms with Gasteiger partial charge in [0, 0.05) is 18.4 Å². The highest BCUT2D eigenvalue weighted by Gasteiger charge is 2.54. The third-order valence-corrected chi connectivity index (χ3v) is 7.07. The molecule has 4 aliphatic carbocycles. The molecule has 1 aliphatic heterocycles. The molecule has 1 amide bonds. The monoisotopic (exact) mass is 341 g/mol. The van der Waals surface area contributed by atoms with Gasteiger partial charge in [0.2, 0.25) is 5.91 Å². The predicted molar refractivity (Wildman–Crippen MR) is 94.2 cm³/mol. The first kappa shape index (κ1) is 15.7. The van der Waals surface area contributed by atoms with E-state index in [0.29, 0.717) is 6.54 Å². The van der Waals surface area contributed by atoms with Crippen molar-refractivity contribution in [1.82, 2.24) is 5.32 Å². The summed E-state index contributed by atoms with van der Waals surface area (Å²) in [6.45, 7) is 1.03. The van der Waals surface area contributed by atoms with Crippen molar-refractivity contribution >= 4 is 5.91 Å². The fraction of sp³-hybridized carbons (Fsp3) is 0.667. The SMILES string of the molecule is O=C(NC[C@H](O)c1ccc2c(c1)CCO2)C12CC3CC(CC(C3)C1)C2. The zero-order valence-corrected chi connectivity index (χ0v) is 14.7. The van der Waals surface area contributed by atoms with Gasteiger partial charge in [-0.25, -0.2) is 0 Å². The van der Waals surface area contributed by atoms with Crippen molar-refractivity contribution in [2.24, 2.45) is 23.2 Å². The maximum absolute atomic E-state index is 13.0. The Kier molecular flexibility index (Phi) is 3.60. The summed E-state index contributed by atoms with van der Waals surface area (Å²) in [6, 6.07) is 5.86. The first-order chi connectivity index (χ1) is 12.1. The van der Waals surface area contributed by atoms with Crippen LogP contribution in [-0.2, 0) is 11.2 Å². The highest BCUT2D eigenvalue weighted by molar-refractivity contribution is 5.83. The predicted octanol–water partition coefficient (Wildman–Crippen LogP) is 2.99. The van der Waals surface area contributed by atoms with Crippen LogP contribution in [0.3, 0.4) is 0 Å². The summed E-state index contributed by atoms with van der Waals surface area (Å²) in [7, 11) is 0. The van der Waals surface area contributed by atoms with Crippen LogP contribution in [0.2, 0.25) is 0 Å². The molecule has 4 fully saturated rings. The normalized spacial score (nSPS) is 36.0. The molecule has 1 aromatic carbocycles. The van der Waals surface area contributed by atoms with Crippen LogP contribution in [0.25, 0.3) is 0 Å². The Morgan fingerprint density at radius 3 is 2.56 bits per heavy atom. The van der Waals surface area contributed by atoms with Crippen molar-refractivity contribution in [1.29, 1.82) is 0 Å². The maximum atomic E-state index is 13.0. The lowest BCUT2D eigenvalue weighted by atomic mass is 9.49. The summed E-state index contributed by atoms with van der Waals surface area (Å²) in [5.74, 6) is 3.40. The lowest BCUT2D eigenvalue weighted by molar-refractivity contribution is -0.146. The van der Waals surface area contributed by atoms with E-state index in [1.54, 1.807) is 0 Å². The lowest BCUT2D eigenvalue weighted by Crippen LogP contribution is -2.54. The van der Waals surface area contributed by atoms with E-state index in [1.165, 1.54) is 19.3 Å². The topological polar surface area (TPSA) is 58.6 Å². The summed E-state index contributed by atoms with van der Waals surface area (Å²) in [5.41, 5.74) is 1.89. The van der Waals surface area contributed by atoms with Gasteiger partial charge >= 0.3 is 0 Å². The number of hydrogen-bond donors (Lipinski definition) is 2. The smallest absolute Gasteiger partial charge is 0.226 e. The van der Waals surface area contributed by atoms with E-state index in [4.69, 9.17) is 4.74 Å². The number of nitrogens with one attached hydrogen (secondary N) is 1. The van der Waals surface area contributed by atoms with Gasteiger partial charge in [-0.05, 0) is 79.5 Å². The minimum Gasteiger partial charge on any atom is -0.493 e. The largest absolute Gasteiger partial charge is 0.493 e. The number of fused-ring (bicyclic) bond motifs is 1. The van der Waals surface area contributed by atoms with Crippen molar-refractivity contribution < 1.29 is 14.6 Å². The Hall–Kier alpha value is -1.55. The van der Waals surface area contributed by atoms with Crippen LogP contribution in [-0.4, -0.2) is 24.2 Å². The van der Waals surface area contributed by atoms with Gasteiger partial charge in [-0.3, -0.25) is 4.79 Å². The van der Waals surface area contributed by atoms with E-state index in [-0.39, 0.29) is 11.3 Å². The number of aliphatic hydroxyl groups is 1. The van der Waals surface area contributed by atoms with Crippen LogP contribution < -0.4 is 10.1 Å². The molecule has 0 saturated heterocycles. The number of carbonyl (C=O) groups excluding carboxylic acids is 1. The molecular weight excluding hydrogens is 314 g/mol. The maximum Gasteiger partial charge on any atom is 0.226 e. The second kappa shape index (κ2) is 5.73. The zero-order chi connectivity index (χ0) is 17.0. The number of rotatable bonds is 4. The average molecular weight is 341 g/mol. The van der Waals surface area contributed by atoms with E-state index in [2.05, 4.69) is 5.32 Å². The Labute approximate surface area is 149 Å². The number of amides is 1. The van der Waals surface area contributed by atoms with Crippen molar-refractivity contribution in [2.45, 2.75) is 51.0 Å². The van der Waals surface area contributed by atoms with Gasteiger partial charge in [-0.2, -0.15) is 0 Å². The molecule has 4 saturated carbocycles. The van der Waals surface area contributed by atoms with Gasteiger partial charge in [-0.1, -0.05) is 6.07 Å². The quantitative estimate of drug-likeness (QED) is 0.885. The second-order valence-electron chi connectivity index (χ2n) is 8.89. The summed E-state index contributed by atoms with van der Waals surface area (Å²) in [6.07, 6.45) is 7.47. The van der Waals surface area contributed by atoms with Crippen molar-refractivity contribution in [2.75, 3.05) is 13.2 Å². The van der Waals surface area contributed by atoms with E-state index < -0.39 is 6.10 Å². The van der Waals surface area contributed by atoms with E-state index in [9.17, 15) is 9.90 Å². The molecule has 2 N–H and O–H groups in total. The molecule has 6 rings (SSSR count). The van der Waals surface area contributed by atoms with E-state index >= 15 is 0 Å². The number of benzene rings is 1. The third kappa shape index (κ3) is 2.66. The van der Waals surface area contributed by atoms with Gasteiger partial charge in [-0.15, -0.1) is 0 Å². The number of aliphatic hydroxyl groups excluding tert-OH is 1. The van der Waals surface area contributed by atoms with E-state index in [1.807, 2.05) is 18.2 Å². The van der Waals surface area contributed by atoms with Crippen LogP contribution in [0.15, 0.2) is 18.2 Å². The first-order valence-electron chi connectivity index (χ1n) is 9.83. The van der Waals surface area contributed by atoms with Crippen LogP contribution >= 0.6 is 0 Å². The molecule has 1 aromatic rings. The molecule has 1 heterocycles. The second-order valence-corrected chi connectivity index (χ2v) is 8.89. The zero-order valence-electron chi connectivity index (χ0n) is 14.7. The van der Waals surface area contributed by atoms with Crippen LogP contribution in [0, 0.1) is 23.2 Å². The van der Waals surface area contributed by atoms with E-state index in [0.717, 1.165) is 66.9 Å². The van der Waals surface area contributed by atoms with Gasteiger partial charge < -0.3 is 15.2 Å². The first-order valence-corrected chi connectivity index (χ1v) is 9.83. The Balaban J connectivity index is 1.24. The van der Waals surface area contributed by atoms with Gasteiger partial charge in [0.15, 0.2) is 0 Å². The fourth-order valence-corrected chi connectivity index (χ4v) is 6.30. The summed E-state index contributed by atoms with van der Waals surface area (Å²) >= 11 is 0. The number of carbonyl (C=O) groups is 1. The van der Waals surface area contributed by atoms with Gasteiger partial charge in [0.05, 0.1) is 12.7 Å². The molecule has 4 nitrogen and oxygen atoms in total. The molecule has 134 valence electrons. The number of ether oxygens (including phenoxy) is 1. The molecule has 0 spiro atoms. The number of hydrogen-bond acceptors (Lipinski definition) is 3. The molecular formula is C21H27NO3. The molecule has 0 radical (unpaired) electrons. The van der Waals surface area contributed by atoms with Crippen molar-refractivity contribution in [3.05, 3.63) is 29.3 Å². The molecule has 4 bridgehead atoms. The van der Waals surface area contributed by atoms with Gasteiger partial charge in [0.25, 0.3) is 0 Å². The molecule has 0 aromatic heterocycles. The summed E-state index contributed by atoms with van der Waals surface area (Å²) in [5, 5.41) is 13.6. The van der Waals surface area contributed by atoms with Crippen molar-refractivity contribution in [3.8, 4) is 5.75 Å². The van der Waals surface area contributed by atoms with Crippen LogP contribution in [0.5, 0.6) is 5.75 Å². The van der Waals surface area contributed by atoms with Crippen molar-refractivity contribution in [3.63, 3.8) is 0 Å². The minimum absolute atomic E-state index is 0.139. The molecule has 1 atom stereocenters. The Bertz CT molecular complexity index is 663. The standard InChI is InChI=1S/C21H27NO3/c23-18(16-1-2-19-17(8-16)3-4-25-19)12-22-20(24)21-9-13-5-14(10-21)7-15(6-13)11-21/h1-2,8,13-15,18,23H,3-7,9-12H2,(H,22,24)/t13?,14?,15?,18-,21?/m0/s1. The summed E-state index contributed by atoms with van der Waals surface area (Å²) < 4.78 is 5.52. The minimum atomic E-state index is -0.649. The highest BCUT2D eigenvalue weighted by Crippen LogP contribution is 2.60. The Morgan fingerprint density at radius 2 is 1.88 bits per heavy atom. The fourth-order valence-electron chi connectivity index (χ4n) is 6.30. The summed E-state index contributed by atoms with van der Waals surface area (Å²) in [4.78, 5) is 13.0.